The van der Waals surface area contributed by atoms with Gasteiger partial charge in [0, 0.05) is 0 Å². The molecule has 0 aliphatic rings. The average molecular weight is 331 g/mol. The molecule has 0 spiro atoms. The van der Waals surface area contributed by atoms with Crippen molar-refractivity contribution in [1.29, 1.82) is 0 Å². The average Bonchev–Trinajstić information content (AvgIpc) is 2.16. The number of rotatable bonds is 3. The van der Waals surface area contributed by atoms with E-state index in [-0.39, 0.29) is 9.24 Å². The Labute approximate surface area is 100 Å². The molecule has 0 aromatic heterocycles. The fraction of sp³-hybridized carbons (Fsp3) is 0.364. The van der Waals surface area contributed by atoms with Gasteiger partial charge < -0.3 is 0 Å². The first-order chi connectivity index (χ1) is 6.91. The zero-order valence-corrected chi connectivity index (χ0v) is 13.0. The molecule has 1 rings (SSSR count). The Morgan fingerprint density at radius 1 is 1.27 bits per heavy atom. The van der Waals surface area contributed by atoms with Crippen LogP contribution in [0.25, 0.3) is 0 Å². The zero-order valence-electron chi connectivity index (χ0n) is 9.23. The van der Waals surface area contributed by atoms with Crippen molar-refractivity contribution in [3.05, 3.63) is 30.3 Å². The Balaban J connectivity index is 2.65. The molecule has 1 unspecified atom stereocenters. The quantitative estimate of drug-likeness (QED) is 0.399. The van der Waals surface area contributed by atoms with Crippen molar-refractivity contribution < 1.29 is 9.53 Å². The van der Waals surface area contributed by atoms with Crippen LogP contribution in [0.3, 0.4) is 0 Å². The standard InChI is InChI=1S/C8H7O2S.3CH3.Sn/c9-8(6-11)10-7-4-2-1-3-5-7;;;;/h1-6,11H;3*1H3;. The Hall–Kier alpha value is -0.161. The van der Waals surface area contributed by atoms with Gasteiger partial charge in [0.25, 0.3) is 0 Å². The molecule has 0 heterocycles. The Morgan fingerprint density at radius 2 is 1.80 bits per heavy atom. The summed E-state index contributed by atoms with van der Waals surface area (Å²) in [5.41, 5.74) is 0. The van der Waals surface area contributed by atoms with Crippen molar-refractivity contribution in [2.75, 3.05) is 0 Å². The second-order valence-electron chi connectivity index (χ2n) is 4.50. The molecule has 0 amide bonds. The van der Waals surface area contributed by atoms with Gasteiger partial charge in [-0.25, -0.2) is 0 Å². The van der Waals surface area contributed by atoms with Crippen LogP contribution in [-0.4, -0.2) is 27.6 Å². The molecule has 0 fully saturated rings. The van der Waals surface area contributed by atoms with E-state index in [1.54, 1.807) is 12.1 Å². The Bertz CT molecular complexity index is 332. The van der Waals surface area contributed by atoms with Crippen LogP contribution in [0.4, 0.5) is 0 Å². The summed E-state index contributed by atoms with van der Waals surface area (Å²) in [6.07, 6.45) is 0. The van der Waals surface area contributed by atoms with E-state index in [0.717, 1.165) is 0 Å². The number of carbonyl (C=O) groups excluding carboxylic acids is 1. The molecule has 1 aromatic rings. The van der Waals surface area contributed by atoms with Gasteiger partial charge >= 0.3 is 101 Å². The van der Waals surface area contributed by atoms with Crippen molar-refractivity contribution in [3.8, 4) is 5.75 Å². The molecular formula is C11H16O2SSn. The van der Waals surface area contributed by atoms with Crippen LogP contribution < -0.4 is 4.74 Å². The molecule has 2 nitrogen and oxygen atoms in total. The van der Waals surface area contributed by atoms with E-state index in [4.69, 9.17) is 4.74 Å². The molecule has 1 atom stereocenters. The number of hydrogen-bond donors (Lipinski definition) is 1. The summed E-state index contributed by atoms with van der Waals surface area (Å²) in [5, 5.41) is 0. The first-order valence-corrected chi connectivity index (χ1v) is 15.6. The number of carbonyl (C=O) groups is 1. The molecule has 0 N–H and O–H groups in total. The van der Waals surface area contributed by atoms with Gasteiger partial charge in [-0.05, 0) is 0 Å². The fourth-order valence-corrected chi connectivity index (χ4v) is 3.25. The summed E-state index contributed by atoms with van der Waals surface area (Å²) in [6.45, 7) is 0. The number of para-hydroxylation sites is 1. The summed E-state index contributed by atoms with van der Waals surface area (Å²) in [4.78, 5) is 18.2. The Morgan fingerprint density at radius 3 is 2.27 bits per heavy atom. The van der Waals surface area contributed by atoms with Gasteiger partial charge in [-0.15, -0.1) is 0 Å². The van der Waals surface area contributed by atoms with Gasteiger partial charge in [0.1, 0.15) is 0 Å². The molecule has 4 heteroatoms. The molecule has 0 bridgehead atoms. The van der Waals surface area contributed by atoms with E-state index in [1.165, 1.54) is 0 Å². The third-order valence-electron chi connectivity index (χ3n) is 2.01. The molecule has 82 valence electrons. The summed E-state index contributed by atoms with van der Waals surface area (Å²) in [6, 6.07) is 9.12. The number of esters is 1. The van der Waals surface area contributed by atoms with Crippen LogP contribution in [0.2, 0.25) is 14.8 Å². The first kappa shape index (κ1) is 12.9. The SMILES string of the molecule is [CH3][Sn]([CH3])([CH3])[CH](S)C(=O)Oc1ccccc1. The number of hydrogen-bond acceptors (Lipinski definition) is 3. The molecule has 0 aliphatic heterocycles. The minimum atomic E-state index is -2.30. The van der Waals surface area contributed by atoms with Crippen LogP contribution in [0, 0.1) is 0 Å². The Kier molecular flexibility index (Phi) is 4.52. The van der Waals surface area contributed by atoms with E-state index in [9.17, 15) is 4.79 Å². The second kappa shape index (κ2) is 5.25. The number of benzene rings is 1. The van der Waals surface area contributed by atoms with E-state index in [2.05, 4.69) is 27.4 Å². The van der Waals surface area contributed by atoms with Gasteiger partial charge in [0.15, 0.2) is 0 Å². The maximum atomic E-state index is 11.7. The summed E-state index contributed by atoms with van der Waals surface area (Å²) < 4.78 is 5.03. The van der Waals surface area contributed by atoms with Crippen molar-refractivity contribution in [1.82, 2.24) is 0 Å². The normalized spacial score (nSPS) is 13.3. The third kappa shape index (κ3) is 4.07. The molecule has 0 aliphatic carbocycles. The summed E-state index contributed by atoms with van der Waals surface area (Å²) in [7, 11) is 0. The number of thiol groups is 1. The third-order valence-corrected chi connectivity index (χ3v) is 12.8. The van der Waals surface area contributed by atoms with Crippen molar-refractivity contribution in [3.63, 3.8) is 0 Å². The van der Waals surface area contributed by atoms with Crippen LogP contribution in [0.5, 0.6) is 5.75 Å². The zero-order chi connectivity index (χ0) is 11.5. The van der Waals surface area contributed by atoms with Gasteiger partial charge in [0.05, 0.1) is 0 Å². The van der Waals surface area contributed by atoms with E-state index in [1.807, 2.05) is 18.2 Å². The monoisotopic (exact) mass is 332 g/mol. The summed E-state index contributed by atoms with van der Waals surface area (Å²) >= 11 is 2.06. The molecule has 0 radical (unpaired) electrons. The molecule has 0 saturated carbocycles. The van der Waals surface area contributed by atoms with Crippen LogP contribution in [-0.2, 0) is 4.79 Å². The maximum absolute atomic E-state index is 11.7. The topological polar surface area (TPSA) is 26.3 Å². The van der Waals surface area contributed by atoms with Gasteiger partial charge in [0.2, 0.25) is 0 Å². The van der Waals surface area contributed by atoms with E-state index in [0.29, 0.717) is 5.75 Å². The van der Waals surface area contributed by atoms with Crippen molar-refractivity contribution >= 4 is 37.0 Å². The van der Waals surface area contributed by atoms with Crippen molar-refractivity contribution in [2.24, 2.45) is 0 Å². The second-order valence-corrected chi connectivity index (χ2v) is 21.6. The summed E-state index contributed by atoms with van der Waals surface area (Å²) in [5.74, 6) is 0.380. The number of ether oxygens (including phenoxy) is 1. The molecule has 0 saturated heterocycles. The van der Waals surface area contributed by atoms with Gasteiger partial charge in [-0.2, -0.15) is 0 Å². The van der Waals surface area contributed by atoms with E-state index < -0.39 is 18.4 Å². The van der Waals surface area contributed by atoms with Gasteiger partial charge in [-0.1, -0.05) is 0 Å². The predicted octanol–water partition coefficient (Wildman–Crippen LogP) is 2.77. The minimum absolute atomic E-state index is 0.209. The predicted molar refractivity (Wildman–Crippen MR) is 68.2 cm³/mol. The van der Waals surface area contributed by atoms with Gasteiger partial charge in [-0.3, -0.25) is 0 Å². The first-order valence-electron chi connectivity index (χ1n) is 4.86. The van der Waals surface area contributed by atoms with Crippen molar-refractivity contribution in [2.45, 2.75) is 18.1 Å². The fourth-order valence-electron chi connectivity index (χ4n) is 1.01. The molecule has 15 heavy (non-hydrogen) atoms. The van der Waals surface area contributed by atoms with Crippen LogP contribution >= 0.6 is 12.6 Å². The van der Waals surface area contributed by atoms with Crippen LogP contribution in [0.1, 0.15) is 0 Å². The van der Waals surface area contributed by atoms with Crippen LogP contribution in [0.15, 0.2) is 30.3 Å². The van der Waals surface area contributed by atoms with E-state index >= 15 is 0 Å². The molecular weight excluding hydrogens is 315 g/mol. The molecule has 1 aromatic carbocycles.